The van der Waals surface area contributed by atoms with Gasteiger partial charge in [0.15, 0.2) is 0 Å². The molecule has 3 nitrogen and oxygen atoms in total. The topological polar surface area (TPSA) is 46.5 Å². The van der Waals surface area contributed by atoms with E-state index in [1.807, 2.05) is 0 Å². The summed E-state index contributed by atoms with van der Waals surface area (Å²) < 4.78 is 5.13. The van der Waals surface area contributed by atoms with Crippen LogP contribution in [0.4, 0.5) is 0 Å². The Bertz CT molecular complexity index is 363. The fourth-order valence-electron chi connectivity index (χ4n) is 0.980. The smallest absolute Gasteiger partial charge is 0.337 e. The van der Waals surface area contributed by atoms with Crippen molar-refractivity contribution in [3.63, 3.8) is 0 Å². The number of benzene rings is 1. The van der Waals surface area contributed by atoms with Crippen LogP contribution < -0.4 is 4.74 Å². The Labute approximate surface area is 91.2 Å². The SMILES string of the molecule is CCOc1cc(Cl)cc(C(=O)O)c1Cl. The molecule has 1 aromatic rings. The Hall–Kier alpha value is -0.930. The summed E-state index contributed by atoms with van der Waals surface area (Å²) in [6.07, 6.45) is 0. The largest absolute Gasteiger partial charge is 0.492 e. The molecule has 0 aliphatic heterocycles. The van der Waals surface area contributed by atoms with E-state index in [9.17, 15) is 4.79 Å². The standard InChI is InChI=1S/C9H8Cl2O3/c1-2-14-7-4-5(10)3-6(8(7)11)9(12)13/h3-4H,2H2,1H3,(H,12,13). The van der Waals surface area contributed by atoms with Crippen molar-refractivity contribution >= 4 is 29.2 Å². The maximum atomic E-state index is 10.7. The lowest BCUT2D eigenvalue weighted by atomic mass is 10.2. The van der Waals surface area contributed by atoms with Gasteiger partial charge in [-0.3, -0.25) is 0 Å². The summed E-state index contributed by atoms with van der Waals surface area (Å²) in [6.45, 7) is 2.18. The van der Waals surface area contributed by atoms with Gasteiger partial charge in [0.05, 0.1) is 17.2 Å². The molecule has 0 atom stereocenters. The summed E-state index contributed by atoms with van der Waals surface area (Å²) in [5.74, 6) is -0.836. The summed E-state index contributed by atoms with van der Waals surface area (Å²) in [5.41, 5.74) is -0.0531. The number of rotatable bonds is 3. The van der Waals surface area contributed by atoms with Gasteiger partial charge < -0.3 is 9.84 Å². The minimum absolute atomic E-state index is 0.0531. The average Bonchev–Trinajstić information content (AvgIpc) is 2.10. The molecule has 1 rings (SSSR count). The number of halogens is 2. The highest BCUT2D eigenvalue weighted by Gasteiger charge is 2.14. The van der Waals surface area contributed by atoms with E-state index < -0.39 is 5.97 Å². The molecular formula is C9H8Cl2O3. The van der Waals surface area contributed by atoms with Crippen LogP contribution in [0, 0.1) is 0 Å². The van der Waals surface area contributed by atoms with Crippen LogP contribution >= 0.6 is 23.2 Å². The lowest BCUT2D eigenvalue weighted by Crippen LogP contribution is -2.00. The zero-order valence-corrected chi connectivity index (χ0v) is 8.89. The second kappa shape index (κ2) is 4.53. The van der Waals surface area contributed by atoms with E-state index in [4.69, 9.17) is 33.0 Å². The first kappa shape index (κ1) is 11.1. The first-order valence-electron chi connectivity index (χ1n) is 3.91. The van der Waals surface area contributed by atoms with E-state index in [1.54, 1.807) is 6.92 Å². The molecule has 0 spiro atoms. The highest BCUT2D eigenvalue weighted by atomic mass is 35.5. The van der Waals surface area contributed by atoms with Crippen molar-refractivity contribution in [3.8, 4) is 5.75 Å². The van der Waals surface area contributed by atoms with Crippen molar-refractivity contribution in [2.45, 2.75) is 6.92 Å². The molecule has 0 saturated heterocycles. The van der Waals surface area contributed by atoms with E-state index in [0.29, 0.717) is 12.4 Å². The predicted molar refractivity (Wildman–Crippen MR) is 54.6 cm³/mol. The van der Waals surface area contributed by atoms with Gasteiger partial charge in [-0.05, 0) is 13.0 Å². The third-order valence-corrected chi connectivity index (χ3v) is 2.14. The second-order valence-electron chi connectivity index (χ2n) is 2.50. The van der Waals surface area contributed by atoms with Crippen molar-refractivity contribution in [1.82, 2.24) is 0 Å². The highest BCUT2D eigenvalue weighted by Crippen LogP contribution is 2.32. The van der Waals surface area contributed by atoms with Crippen LogP contribution in [0.15, 0.2) is 12.1 Å². The van der Waals surface area contributed by atoms with Crippen LogP contribution in [0.1, 0.15) is 17.3 Å². The molecule has 0 unspecified atom stereocenters. The van der Waals surface area contributed by atoms with E-state index >= 15 is 0 Å². The van der Waals surface area contributed by atoms with Crippen LogP contribution in [0.25, 0.3) is 0 Å². The first-order valence-corrected chi connectivity index (χ1v) is 4.67. The van der Waals surface area contributed by atoms with Gasteiger partial charge >= 0.3 is 5.97 Å². The summed E-state index contributed by atoms with van der Waals surface area (Å²) in [7, 11) is 0. The molecule has 0 radical (unpaired) electrons. The zero-order valence-electron chi connectivity index (χ0n) is 7.38. The highest BCUT2D eigenvalue weighted by molar-refractivity contribution is 6.36. The van der Waals surface area contributed by atoms with Gasteiger partial charge in [-0.1, -0.05) is 23.2 Å². The third-order valence-electron chi connectivity index (χ3n) is 1.53. The van der Waals surface area contributed by atoms with Gasteiger partial charge in [-0.15, -0.1) is 0 Å². The number of carbonyl (C=O) groups is 1. The Kier molecular flexibility index (Phi) is 3.61. The van der Waals surface area contributed by atoms with E-state index in [0.717, 1.165) is 0 Å². The lowest BCUT2D eigenvalue weighted by molar-refractivity contribution is 0.0696. The molecule has 0 aromatic heterocycles. The number of carboxylic acid groups (broad SMARTS) is 1. The molecule has 0 aliphatic rings. The van der Waals surface area contributed by atoms with E-state index in [2.05, 4.69) is 0 Å². The zero-order chi connectivity index (χ0) is 10.7. The van der Waals surface area contributed by atoms with Crippen LogP contribution in [0.5, 0.6) is 5.75 Å². The average molecular weight is 235 g/mol. The lowest BCUT2D eigenvalue weighted by Gasteiger charge is -2.08. The Balaban J connectivity index is 3.24. The van der Waals surface area contributed by atoms with Crippen molar-refractivity contribution in [2.75, 3.05) is 6.61 Å². The van der Waals surface area contributed by atoms with Gasteiger partial charge in [-0.25, -0.2) is 4.79 Å². The van der Waals surface area contributed by atoms with Gasteiger partial charge in [0.1, 0.15) is 5.75 Å². The Morgan fingerprint density at radius 2 is 2.14 bits per heavy atom. The fraction of sp³-hybridized carbons (Fsp3) is 0.222. The minimum Gasteiger partial charge on any atom is -0.492 e. The monoisotopic (exact) mass is 234 g/mol. The van der Waals surface area contributed by atoms with E-state index in [-0.39, 0.29) is 15.6 Å². The van der Waals surface area contributed by atoms with Crippen LogP contribution in [-0.4, -0.2) is 17.7 Å². The molecule has 0 amide bonds. The van der Waals surface area contributed by atoms with Gasteiger partial charge in [0, 0.05) is 11.1 Å². The van der Waals surface area contributed by atoms with Crippen LogP contribution in [0.2, 0.25) is 10.0 Å². The molecule has 1 N–H and O–H groups in total. The Morgan fingerprint density at radius 3 is 2.64 bits per heavy atom. The van der Waals surface area contributed by atoms with Gasteiger partial charge in [0.25, 0.3) is 0 Å². The van der Waals surface area contributed by atoms with Crippen LogP contribution in [0.3, 0.4) is 0 Å². The molecule has 5 heteroatoms. The fourth-order valence-corrected chi connectivity index (χ4v) is 1.43. The summed E-state index contributed by atoms with van der Waals surface area (Å²) in [4.78, 5) is 10.7. The number of aromatic carboxylic acids is 1. The van der Waals surface area contributed by atoms with Crippen molar-refractivity contribution in [1.29, 1.82) is 0 Å². The van der Waals surface area contributed by atoms with Gasteiger partial charge in [0.2, 0.25) is 0 Å². The molecule has 0 aliphatic carbocycles. The summed E-state index contributed by atoms with van der Waals surface area (Å²) >= 11 is 11.5. The molecule has 0 fully saturated rings. The van der Waals surface area contributed by atoms with Crippen molar-refractivity contribution in [2.24, 2.45) is 0 Å². The summed E-state index contributed by atoms with van der Waals surface area (Å²) in [5, 5.41) is 9.14. The normalized spacial score (nSPS) is 9.93. The third kappa shape index (κ3) is 2.30. The molecule has 0 bridgehead atoms. The summed E-state index contributed by atoms with van der Waals surface area (Å²) in [6, 6.07) is 2.77. The molecule has 14 heavy (non-hydrogen) atoms. The molecule has 0 saturated carbocycles. The number of hydrogen-bond acceptors (Lipinski definition) is 2. The number of carboxylic acids is 1. The molecule has 1 aromatic carbocycles. The Morgan fingerprint density at radius 1 is 1.50 bits per heavy atom. The molecular weight excluding hydrogens is 227 g/mol. The minimum atomic E-state index is -1.13. The molecule has 0 heterocycles. The van der Waals surface area contributed by atoms with Crippen molar-refractivity contribution in [3.05, 3.63) is 27.7 Å². The van der Waals surface area contributed by atoms with Gasteiger partial charge in [-0.2, -0.15) is 0 Å². The van der Waals surface area contributed by atoms with Crippen LogP contribution in [-0.2, 0) is 0 Å². The quantitative estimate of drug-likeness (QED) is 0.875. The number of ether oxygens (including phenoxy) is 1. The number of hydrogen-bond donors (Lipinski definition) is 1. The second-order valence-corrected chi connectivity index (χ2v) is 3.32. The maximum absolute atomic E-state index is 10.7. The van der Waals surface area contributed by atoms with Crippen molar-refractivity contribution < 1.29 is 14.6 Å². The first-order chi connectivity index (χ1) is 6.56. The molecule has 76 valence electrons. The predicted octanol–water partition coefficient (Wildman–Crippen LogP) is 3.09. The maximum Gasteiger partial charge on any atom is 0.337 e. The van der Waals surface area contributed by atoms with E-state index in [1.165, 1.54) is 12.1 Å².